The van der Waals surface area contributed by atoms with Crippen LogP contribution in [0.25, 0.3) is 22.3 Å². The summed E-state index contributed by atoms with van der Waals surface area (Å²) in [6.07, 6.45) is 1.04. The number of aliphatic carboxylic acids is 1. The maximum absolute atomic E-state index is 12.6. The summed E-state index contributed by atoms with van der Waals surface area (Å²) in [6.45, 7) is 2.49. The van der Waals surface area contributed by atoms with Crippen LogP contribution in [0, 0.1) is 12.8 Å². The number of rotatable bonds is 7. The predicted molar refractivity (Wildman–Crippen MR) is 113 cm³/mol. The van der Waals surface area contributed by atoms with Crippen molar-refractivity contribution in [2.45, 2.75) is 25.9 Å². The summed E-state index contributed by atoms with van der Waals surface area (Å²) in [5, 5.41) is 9.76. The first-order valence-electron chi connectivity index (χ1n) is 9.73. The SMILES string of the molecule is Cc1ccc2c(=O)cc(-c3ccccc3OCCO[C@H]3C[C@H](C(=O)O)C3)oc2c1Cl. The molecule has 1 N–H and O–H groups in total. The Morgan fingerprint density at radius 3 is 2.73 bits per heavy atom. The summed E-state index contributed by atoms with van der Waals surface area (Å²) in [5.74, 6) is -0.140. The Bertz CT molecular complexity index is 1150. The van der Waals surface area contributed by atoms with Crippen molar-refractivity contribution in [2.75, 3.05) is 13.2 Å². The number of halogens is 1. The van der Waals surface area contributed by atoms with Crippen LogP contribution in [0.1, 0.15) is 18.4 Å². The van der Waals surface area contributed by atoms with E-state index in [1.807, 2.05) is 25.1 Å². The molecule has 30 heavy (non-hydrogen) atoms. The fourth-order valence-electron chi connectivity index (χ4n) is 3.48. The molecule has 3 aromatic rings. The highest BCUT2D eigenvalue weighted by Gasteiger charge is 2.34. The van der Waals surface area contributed by atoms with Gasteiger partial charge in [-0.2, -0.15) is 0 Å². The summed E-state index contributed by atoms with van der Waals surface area (Å²) in [7, 11) is 0. The van der Waals surface area contributed by atoms with Crippen LogP contribution in [-0.4, -0.2) is 30.4 Å². The van der Waals surface area contributed by atoms with E-state index in [1.165, 1.54) is 6.07 Å². The summed E-state index contributed by atoms with van der Waals surface area (Å²) in [6, 6.07) is 12.2. The highest BCUT2D eigenvalue weighted by molar-refractivity contribution is 6.35. The van der Waals surface area contributed by atoms with Crippen LogP contribution in [-0.2, 0) is 9.53 Å². The van der Waals surface area contributed by atoms with Crippen LogP contribution < -0.4 is 10.2 Å². The molecule has 0 saturated heterocycles. The summed E-state index contributed by atoms with van der Waals surface area (Å²) >= 11 is 6.36. The van der Waals surface area contributed by atoms with Gasteiger partial charge in [0.1, 0.15) is 18.1 Å². The Balaban J connectivity index is 1.49. The van der Waals surface area contributed by atoms with Gasteiger partial charge >= 0.3 is 5.97 Å². The summed E-state index contributed by atoms with van der Waals surface area (Å²) in [4.78, 5) is 23.4. The Labute approximate surface area is 178 Å². The van der Waals surface area contributed by atoms with Gasteiger partial charge in [-0.05, 0) is 43.5 Å². The minimum Gasteiger partial charge on any atom is -0.490 e. The van der Waals surface area contributed by atoms with Gasteiger partial charge in [-0.15, -0.1) is 0 Å². The average molecular weight is 429 g/mol. The van der Waals surface area contributed by atoms with Crippen molar-refractivity contribution in [3.8, 4) is 17.1 Å². The van der Waals surface area contributed by atoms with Gasteiger partial charge in [0.2, 0.25) is 0 Å². The number of carboxylic acids is 1. The zero-order valence-corrected chi connectivity index (χ0v) is 17.1. The monoisotopic (exact) mass is 428 g/mol. The van der Waals surface area contributed by atoms with Gasteiger partial charge in [-0.1, -0.05) is 29.8 Å². The van der Waals surface area contributed by atoms with Gasteiger partial charge in [0.25, 0.3) is 0 Å². The van der Waals surface area contributed by atoms with Crippen LogP contribution in [0.2, 0.25) is 5.02 Å². The molecule has 1 heterocycles. The molecule has 0 spiro atoms. The molecule has 1 aromatic heterocycles. The van der Waals surface area contributed by atoms with E-state index in [9.17, 15) is 9.59 Å². The Morgan fingerprint density at radius 2 is 1.97 bits per heavy atom. The second-order valence-electron chi connectivity index (χ2n) is 7.39. The molecule has 0 unspecified atom stereocenters. The number of para-hydroxylation sites is 1. The summed E-state index contributed by atoms with van der Waals surface area (Å²) in [5.41, 5.74) is 1.65. The highest BCUT2D eigenvalue weighted by Crippen LogP contribution is 2.34. The average Bonchev–Trinajstić information content (AvgIpc) is 2.69. The molecule has 1 fully saturated rings. The number of ether oxygens (including phenoxy) is 2. The molecule has 1 aliphatic carbocycles. The van der Waals surface area contributed by atoms with Crippen LogP contribution >= 0.6 is 11.6 Å². The lowest BCUT2D eigenvalue weighted by Gasteiger charge is -2.32. The first-order valence-corrected chi connectivity index (χ1v) is 10.1. The predicted octanol–water partition coefficient (Wildman–Crippen LogP) is 4.68. The highest BCUT2D eigenvalue weighted by atomic mass is 35.5. The van der Waals surface area contributed by atoms with Gasteiger partial charge in [0, 0.05) is 6.07 Å². The zero-order chi connectivity index (χ0) is 21.3. The lowest BCUT2D eigenvalue weighted by Crippen LogP contribution is -2.37. The molecule has 1 aliphatic rings. The smallest absolute Gasteiger partial charge is 0.306 e. The van der Waals surface area contributed by atoms with E-state index in [-0.39, 0.29) is 17.5 Å². The van der Waals surface area contributed by atoms with Gasteiger partial charge in [-0.25, -0.2) is 0 Å². The van der Waals surface area contributed by atoms with Gasteiger partial charge in [0.05, 0.1) is 34.6 Å². The molecule has 0 radical (unpaired) electrons. The topological polar surface area (TPSA) is 86.0 Å². The van der Waals surface area contributed by atoms with Crippen molar-refractivity contribution >= 4 is 28.5 Å². The standard InChI is InChI=1S/C23H21ClO6/c1-13-6-7-16-18(25)12-20(30-22(16)21(13)24)17-4-2-3-5-19(17)29-9-8-28-15-10-14(11-15)23(26)27/h2-7,12,14-15H,8-11H2,1H3,(H,26,27)/t14-,15-. The Hall–Kier alpha value is -2.83. The number of aryl methyl sites for hydroxylation is 1. The minimum absolute atomic E-state index is 0.0335. The molecular weight excluding hydrogens is 408 g/mol. The maximum atomic E-state index is 12.6. The van der Waals surface area contributed by atoms with Crippen molar-refractivity contribution < 1.29 is 23.8 Å². The number of hydrogen-bond acceptors (Lipinski definition) is 5. The van der Waals surface area contributed by atoms with Gasteiger partial charge in [-0.3, -0.25) is 9.59 Å². The molecule has 2 aromatic carbocycles. The van der Waals surface area contributed by atoms with Crippen LogP contribution in [0.4, 0.5) is 0 Å². The van der Waals surface area contributed by atoms with Crippen molar-refractivity contribution in [3.63, 3.8) is 0 Å². The van der Waals surface area contributed by atoms with Crippen molar-refractivity contribution in [1.82, 2.24) is 0 Å². The number of carbonyl (C=O) groups is 1. The van der Waals surface area contributed by atoms with E-state index < -0.39 is 5.97 Å². The van der Waals surface area contributed by atoms with Crippen LogP contribution in [0.5, 0.6) is 5.75 Å². The Kier molecular flexibility index (Phi) is 5.79. The van der Waals surface area contributed by atoms with E-state index in [4.69, 9.17) is 30.6 Å². The molecular formula is C23H21ClO6. The first kappa shape index (κ1) is 20.4. The maximum Gasteiger partial charge on any atom is 0.306 e. The lowest BCUT2D eigenvalue weighted by molar-refractivity contribution is -0.151. The third-order valence-electron chi connectivity index (χ3n) is 5.32. The molecule has 1 saturated carbocycles. The fraction of sp³-hybridized carbons (Fsp3) is 0.304. The lowest BCUT2D eigenvalue weighted by atomic mass is 9.82. The van der Waals surface area contributed by atoms with E-state index in [0.717, 1.165) is 5.56 Å². The second kappa shape index (κ2) is 8.50. The van der Waals surface area contributed by atoms with E-state index in [2.05, 4.69) is 0 Å². The number of hydrogen-bond donors (Lipinski definition) is 1. The molecule has 0 aliphatic heterocycles. The van der Waals surface area contributed by atoms with Crippen molar-refractivity contribution in [2.24, 2.45) is 5.92 Å². The van der Waals surface area contributed by atoms with Crippen LogP contribution in [0.15, 0.2) is 51.7 Å². The molecule has 4 rings (SSSR count). The minimum atomic E-state index is -0.771. The summed E-state index contributed by atoms with van der Waals surface area (Å²) < 4.78 is 17.5. The first-order chi connectivity index (χ1) is 14.4. The molecule has 156 valence electrons. The van der Waals surface area contributed by atoms with Crippen LogP contribution in [0.3, 0.4) is 0 Å². The number of carboxylic acid groups (broad SMARTS) is 1. The normalized spacial score (nSPS) is 18.2. The quantitative estimate of drug-likeness (QED) is 0.550. The molecule has 0 amide bonds. The third kappa shape index (κ3) is 4.06. The number of fused-ring (bicyclic) bond motifs is 1. The van der Waals surface area contributed by atoms with E-state index >= 15 is 0 Å². The van der Waals surface area contributed by atoms with E-state index in [0.29, 0.717) is 59.1 Å². The Morgan fingerprint density at radius 1 is 1.20 bits per heavy atom. The van der Waals surface area contributed by atoms with Crippen molar-refractivity contribution in [1.29, 1.82) is 0 Å². The molecule has 6 nitrogen and oxygen atoms in total. The largest absolute Gasteiger partial charge is 0.490 e. The van der Waals surface area contributed by atoms with Crippen molar-refractivity contribution in [3.05, 3.63) is 63.3 Å². The van der Waals surface area contributed by atoms with E-state index in [1.54, 1.807) is 18.2 Å². The second-order valence-corrected chi connectivity index (χ2v) is 7.77. The zero-order valence-electron chi connectivity index (χ0n) is 16.4. The number of benzene rings is 2. The molecule has 0 atom stereocenters. The molecule has 7 heteroatoms. The van der Waals surface area contributed by atoms with Gasteiger partial charge < -0.3 is 19.0 Å². The molecule has 0 bridgehead atoms. The fourth-order valence-corrected chi connectivity index (χ4v) is 3.69. The third-order valence-corrected chi connectivity index (χ3v) is 5.79. The van der Waals surface area contributed by atoms with Gasteiger partial charge in [0.15, 0.2) is 11.0 Å².